The van der Waals surface area contributed by atoms with Gasteiger partial charge in [0.2, 0.25) is 5.91 Å². The van der Waals surface area contributed by atoms with Crippen LogP contribution in [0.4, 0.5) is 0 Å². The highest BCUT2D eigenvalue weighted by Crippen LogP contribution is 2.36. The Morgan fingerprint density at radius 1 is 1.35 bits per heavy atom. The normalized spacial score (nSPS) is 21.8. The minimum Gasteiger partial charge on any atom is -0.342 e. The maximum atomic E-state index is 12.2. The number of nitrogens with two attached hydrogens (primary N) is 1. The molecule has 0 heterocycles. The molecule has 1 amide bonds. The van der Waals surface area contributed by atoms with Gasteiger partial charge in [-0.2, -0.15) is 0 Å². The summed E-state index contributed by atoms with van der Waals surface area (Å²) >= 11 is 0. The van der Waals surface area contributed by atoms with E-state index in [1.54, 1.807) is 0 Å². The Hall–Kier alpha value is -0.610. The van der Waals surface area contributed by atoms with Gasteiger partial charge < -0.3 is 15.5 Å². The highest BCUT2D eigenvalue weighted by molar-refractivity contribution is 5.85. The fraction of sp³-hybridized carbons (Fsp3) is 0.923. The minimum absolute atomic E-state index is 0.0492. The van der Waals surface area contributed by atoms with E-state index in [1.807, 2.05) is 25.8 Å². The zero-order valence-corrected chi connectivity index (χ0v) is 11.9. The molecule has 0 bridgehead atoms. The second-order valence-corrected chi connectivity index (χ2v) is 5.90. The van der Waals surface area contributed by atoms with Gasteiger partial charge in [0.1, 0.15) is 0 Å². The molecule has 17 heavy (non-hydrogen) atoms. The molecule has 4 heteroatoms. The van der Waals surface area contributed by atoms with Gasteiger partial charge in [-0.3, -0.25) is 4.79 Å². The fourth-order valence-electron chi connectivity index (χ4n) is 2.43. The van der Waals surface area contributed by atoms with Crippen LogP contribution < -0.4 is 5.73 Å². The molecule has 1 unspecified atom stereocenters. The molecule has 0 saturated heterocycles. The van der Waals surface area contributed by atoms with Crippen LogP contribution in [0.1, 0.15) is 39.5 Å². The number of rotatable bonds is 5. The van der Waals surface area contributed by atoms with Crippen LogP contribution in [0.25, 0.3) is 0 Å². The van der Waals surface area contributed by atoms with Crippen molar-refractivity contribution in [2.75, 3.05) is 27.7 Å². The summed E-state index contributed by atoms with van der Waals surface area (Å²) in [5.41, 5.74) is 5.45. The van der Waals surface area contributed by atoms with Crippen molar-refractivity contribution in [2.24, 2.45) is 5.73 Å². The van der Waals surface area contributed by atoms with E-state index in [0.29, 0.717) is 6.42 Å². The second-order valence-electron chi connectivity index (χ2n) is 5.90. The minimum atomic E-state index is -0.730. The summed E-state index contributed by atoms with van der Waals surface area (Å²) in [6, 6.07) is 0. The number of likely N-dealkylation sites (N-methyl/N-ethyl adjacent to an activating group) is 2. The van der Waals surface area contributed by atoms with Crippen molar-refractivity contribution < 1.29 is 4.79 Å². The Labute approximate surface area is 105 Å². The van der Waals surface area contributed by atoms with Gasteiger partial charge in [0.25, 0.3) is 0 Å². The first-order valence-electron chi connectivity index (χ1n) is 6.47. The summed E-state index contributed by atoms with van der Waals surface area (Å²) in [6.45, 7) is 4.55. The lowest BCUT2D eigenvalue weighted by atomic mass is 9.75. The molecule has 0 spiro atoms. The predicted octanol–water partition coefficient (Wildman–Crippen LogP) is 1.06. The standard InChI is InChI=1S/C13H27N3O/c1-6-12(2,14)11(17)16(5)10-13(15(3)4)8-7-9-13/h6-10,14H2,1-5H3. The van der Waals surface area contributed by atoms with Crippen LogP contribution in [0, 0.1) is 0 Å². The highest BCUT2D eigenvalue weighted by Gasteiger charge is 2.42. The summed E-state index contributed by atoms with van der Waals surface area (Å²) in [7, 11) is 6.06. The van der Waals surface area contributed by atoms with Gasteiger partial charge in [0, 0.05) is 19.1 Å². The Balaban J connectivity index is 2.66. The molecule has 0 aromatic heterocycles. The Kier molecular flexibility index (Phi) is 4.20. The van der Waals surface area contributed by atoms with Gasteiger partial charge in [0.15, 0.2) is 0 Å². The van der Waals surface area contributed by atoms with E-state index >= 15 is 0 Å². The number of carbonyl (C=O) groups excluding carboxylic acids is 1. The van der Waals surface area contributed by atoms with Gasteiger partial charge in [0.05, 0.1) is 5.54 Å². The van der Waals surface area contributed by atoms with Gasteiger partial charge in [-0.1, -0.05) is 6.92 Å². The summed E-state index contributed by atoms with van der Waals surface area (Å²) in [4.78, 5) is 16.3. The van der Waals surface area contributed by atoms with Crippen molar-refractivity contribution >= 4 is 5.91 Å². The molecule has 1 aliphatic carbocycles. The van der Waals surface area contributed by atoms with Crippen LogP contribution in [0.2, 0.25) is 0 Å². The zero-order valence-electron chi connectivity index (χ0n) is 11.9. The summed E-state index contributed by atoms with van der Waals surface area (Å²) in [5.74, 6) is 0.0492. The Morgan fingerprint density at radius 2 is 1.88 bits per heavy atom. The van der Waals surface area contributed by atoms with E-state index in [-0.39, 0.29) is 11.4 Å². The first kappa shape index (κ1) is 14.5. The summed E-state index contributed by atoms with van der Waals surface area (Å²) in [5, 5.41) is 0. The van der Waals surface area contributed by atoms with Gasteiger partial charge in [-0.25, -0.2) is 0 Å². The molecular weight excluding hydrogens is 214 g/mol. The van der Waals surface area contributed by atoms with Crippen molar-refractivity contribution in [3.63, 3.8) is 0 Å². The zero-order chi connectivity index (χ0) is 13.3. The van der Waals surface area contributed by atoms with Crippen LogP contribution in [0.5, 0.6) is 0 Å². The maximum absolute atomic E-state index is 12.2. The lowest BCUT2D eigenvalue weighted by Gasteiger charge is -2.49. The number of nitrogens with zero attached hydrogens (tertiary/aromatic N) is 2. The van der Waals surface area contributed by atoms with Crippen molar-refractivity contribution in [1.82, 2.24) is 9.80 Å². The topological polar surface area (TPSA) is 49.6 Å². The first-order valence-corrected chi connectivity index (χ1v) is 6.47. The molecule has 1 atom stereocenters. The van der Waals surface area contributed by atoms with Crippen LogP contribution >= 0.6 is 0 Å². The van der Waals surface area contributed by atoms with Gasteiger partial charge >= 0.3 is 0 Å². The molecule has 1 saturated carbocycles. The lowest BCUT2D eigenvalue weighted by molar-refractivity contribution is -0.138. The average molecular weight is 241 g/mol. The third-order valence-corrected chi connectivity index (χ3v) is 4.33. The molecule has 1 fully saturated rings. The van der Waals surface area contributed by atoms with Crippen LogP contribution in [-0.4, -0.2) is 54.5 Å². The number of amides is 1. The van der Waals surface area contributed by atoms with Crippen molar-refractivity contribution in [2.45, 2.75) is 50.6 Å². The summed E-state index contributed by atoms with van der Waals surface area (Å²) < 4.78 is 0. The molecule has 0 aliphatic heterocycles. The van der Waals surface area contributed by atoms with E-state index in [1.165, 1.54) is 19.3 Å². The van der Waals surface area contributed by atoms with Crippen LogP contribution in [0.3, 0.4) is 0 Å². The number of carbonyl (C=O) groups is 1. The first-order chi connectivity index (χ1) is 7.75. The smallest absolute Gasteiger partial charge is 0.242 e. The number of hydrogen-bond donors (Lipinski definition) is 1. The molecule has 2 N–H and O–H groups in total. The number of hydrogen-bond acceptors (Lipinski definition) is 3. The van der Waals surface area contributed by atoms with E-state index in [0.717, 1.165) is 6.54 Å². The van der Waals surface area contributed by atoms with Gasteiger partial charge in [-0.15, -0.1) is 0 Å². The van der Waals surface area contributed by atoms with Crippen LogP contribution in [0.15, 0.2) is 0 Å². The molecule has 100 valence electrons. The summed E-state index contributed by atoms with van der Waals surface area (Å²) in [6.07, 6.45) is 4.27. The Bertz CT molecular complexity index is 282. The van der Waals surface area contributed by atoms with Crippen molar-refractivity contribution in [3.05, 3.63) is 0 Å². The maximum Gasteiger partial charge on any atom is 0.242 e. The fourth-order valence-corrected chi connectivity index (χ4v) is 2.43. The SMILES string of the molecule is CCC(C)(N)C(=O)N(C)CC1(N(C)C)CCC1. The van der Waals surface area contributed by atoms with Crippen LogP contribution in [-0.2, 0) is 4.79 Å². The largest absolute Gasteiger partial charge is 0.342 e. The molecule has 1 rings (SSSR count). The predicted molar refractivity (Wildman–Crippen MR) is 70.8 cm³/mol. The molecule has 4 nitrogen and oxygen atoms in total. The monoisotopic (exact) mass is 241 g/mol. The highest BCUT2D eigenvalue weighted by atomic mass is 16.2. The van der Waals surface area contributed by atoms with E-state index in [9.17, 15) is 4.79 Å². The lowest BCUT2D eigenvalue weighted by Crippen LogP contribution is -2.61. The van der Waals surface area contributed by atoms with Crippen molar-refractivity contribution in [3.8, 4) is 0 Å². The van der Waals surface area contributed by atoms with E-state index in [4.69, 9.17) is 5.73 Å². The molecule has 0 aromatic carbocycles. The molecule has 0 aromatic rings. The average Bonchev–Trinajstić information content (AvgIpc) is 2.21. The third-order valence-electron chi connectivity index (χ3n) is 4.33. The molecule has 0 radical (unpaired) electrons. The van der Waals surface area contributed by atoms with E-state index in [2.05, 4.69) is 19.0 Å². The van der Waals surface area contributed by atoms with E-state index < -0.39 is 5.54 Å². The Morgan fingerprint density at radius 3 is 2.18 bits per heavy atom. The quantitative estimate of drug-likeness (QED) is 0.783. The molecule has 1 aliphatic rings. The second kappa shape index (κ2) is 4.94. The third kappa shape index (κ3) is 2.80. The molecular formula is C13H27N3O. The van der Waals surface area contributed by atoms with Gasteiger partial charge in [-0.05, 0) is 46.7 Å². The van der Waals surface area contributed by atoms with Crippen molar-refractivity contribution in [1.29, 1.82) is 0 Å².